The van der Waals surface area contributed by atoms with Crippen LogP contribution in [0.15, 0.2) is 0 Å². The molecular formula is C9H19NO2. The minimum Gasteiger partial charge on any atom is -0.395 e. The van der Waals surface area contributed by atoms with Gasteiger partial charge < -0.3 is 15.9 Å². The highest BCUT2D eigenvalue weighted by Crippen LogP contribution is 2.41. The third-order valence-corrected chi connectivity index (χ3v) is 3.08. The molecule has 1 aliphatic rings. The Morgan fingerprint density at radius 3 is 2.33 bits per heavy atom. The molecule has 0 aromatic carbocycles. The molecule has 2 atom stereocenters. The van der Waals surface area contributed by atoms with Gasteiger partial charge in [-0.1, -0.05) is 19.8 Å². The van der Waals surface area contributed by atoms with Crippen LogP contribution in [0.4, 0.5) is 0 Å². The predicted octanol–water partition coefficient (Wildman–Crippen LogP) is 0.247. The van der Waals surface area contributed by atoms with Crippen LogP contribution in [0.25, 0.3) is 0 Å². The zero-order valence-corrected chi connectivity index (χ0v) is 7.66. The summed E-state index contributed by atoms with van der Waals surface area (Å²) < 4.78 is 0. The number of hydrogen-bond donors (Lipinski definition) is 3. The van der Waals surface area contributed by atoms with E-state index in [9.17, 15) is 5.11 Å². The number of hydrogen-bond acceptors (Lipinski definition) is 3. The zero-order valence-electron chi connectivity index (χ0n) is 7.66. The van der Waals surface area contributed by atoms with Gasteiger partial charge in [0.05, 0.1) is 18.8 Å². The maximum Gasteiger partial charge on any atom is 0.0766 e. The summed E-state index contributed by atoms with van der Waals surface area (Å²) in [5.41, 5.74) is 5.53. The molecule has 0 aliphatic heterocycles. The number of aliphatic hydroxyl groups excluding tert-OH is 2. The molecule has 12 heavy (non-hydrogen) atoms. The Kier molecular flexibility index (Phi) is 3.09. The normalized spacial score (nSPS) is 27.0. The summed E-state index contributed by atoms with van der Waals surface area (Å²) in [5.74, 6) is 0. The van der Waals surface area contributed by atoms with Gasteiger partial charge in [-0.2, -0.15) is 0 Å². The van der Waals surface area contributed by atoms with Gasteiger partial charge in [-0.25, -0.2) is 0 Å². The minimum absolute atomic E-state index is 0.0534. The summed E-state index contributed by atoms with van der Waals surface area (Å²) in [6.07, 6.45) is 3.85. The zero-order chi connectivity index (χ0) is 9.19. The highest BCUT2D eigenvalue weighted by molar-refractivity contribution is 4.91. The van der Waals surface area contributed by atoms with Gasteiger partial charge in [0, 0.05) is 0 Å². The standard InChI is InChI=1S/C9H19NO2/c1-9(4-2-3-5-9)8(12)7(10)6-11/h7-8,11-12H,2-6,10H2,1H3. The Hall–Kier alpha value is -0.120. The summed E-state index contributed by atoms with van der Waals surface area (Å²) in [5, 5.41) is 18.6. The molecule has 0 aromatic rings. The van der Waals surface area contributed by atoms with Crippen LogP contribution in [0.3, 0.4) is 0 Å². The van der Waals surface area contributed by atoms with Crippen molar-refractivity contribution in [3.8, 4) is 0 Å². The van der Waals surface area contributed by atoms with Gasteiger partial charge in [0.2, 0.25) is 0 Å². The van der Waals surface area contributed by atoms with E-state index in [1.165, 1.54) is 12.8 Å². The minimum atomic E-state index is -0.551. The quantitative estimate of drug-likeness (QED) is 0.573. The molecule has 1 saturated carbocycles. The summed E-state index contributed by atoms with van der Waals surface area (Å²) >= 11 is 0. The largest absolute Gasteiger partial charge is 0.395 e. The van der Waals surface area contributed by atoms with E-state index in [0.717, 1.165) is 12.8 Å². The van der Waals surface area contributed by atoms with E-state index in [1.54, 1.807) is 0 Å². The first-order valence-corrected chi connectivity index (χ1v) is 4.65. The van der Waals surface area contributed by atoms with E-state index in [4.69, 9.17) is 10.8 Å². The topological polar surface area (TPSA) is 66.5 Å². The van der Waals surface area contributed by atoms with Crippen molar-refractivity contribution in [2.45, 2.75) is 44.8 Å². The van der Waals surface area contributed by atoms with Gasteiger partial charge in [-0.05, 0) is 18.3 Å². The maximum absolute atomic E-state index is 9.79. The second-order valence-electron chi connectivity index (χ2n) is 4.15. The monoisotopic (exact) mass is 173 g/mol. The van der Waals surface area contributed by atoms with Crippen LogP contribution >= 0.6 is 0 Å². The van der Waals surface area contributed by atoms with Gasteiger partial charge in [0.25, 0.3) is 0 Å². The van der Waals surface area contributed by atoms with Crippen LogP contribution in [-0.4, -0.2) is 29.0 Å². The van der Waals surface area contributed by atoms with E-state index >= 15 is 0 Å². The van der Waals surface area contributed by atoms with Crippen molar-refractivity contribution in [3.05, 3.63) is 0 Å². The van der Waals surface area contributed by atoms with Crippen LogP contribution in [-0.2, 0) is 0 Å². The van der Waals surface area contributed by atoms with Gasteiger partial charge >= 0.3 is 0 Å². The molecule has 2 unspecified atom stereocenters. The molecule has 0 bridgehead atoms. The van der Waals surface area contributed by atoms with E-state index in [1.807, 2.05) is 0 Å². The molecule has 4 N–H and O–H groups in total. The smallest absolute Gasteiger partial charge is 0.0766 e. The third kappa shape index (κ3) is 1.79. The molecule has 3 nitrogen and oxygen atoms in total. The van der Waals surface area contributed by atoms with Crippen LogP contribution < -0.4 is 5.73 Å². The van der Waals surface area contributed by atoms with Gasteiger partial charge in [0.15, 0.2) is 0 Å². The lowest BCUT2D eigenvalue weighted by Gasteiger charge is -2.33. The second-order valence-corrected chi connectivity index (χ2v) is 4.15. The van der Waals surface area contributed by atoms with Crippen molar-refractivity contribution in [2.75, 3.05) is 6.61 Å². The average molecular weight is 173 g/mol. The number of rotatable bonds is 3. The maximum atomic E-state index is 9.79. The first-order chi connectivity index (χ1) is 5.60. The Morgan fingerprint density at radius 2 is 1.92 bits per heavy atom. The van der Waals surface area contributed by atoms with Gasteiger partial charge in [0.1, 0.15) is 0 Å². The lowest BCUT2D eigenvalue weighted by molar-refractivity contribution is 0.00610. The molecule has 0 spiro atoms. The van der Waals surface area contributed by atoms with E-state index in [-0.39, 0.29) is 12.0 Å². The Labute approximate surface area is 73.6 Å². The molecule has 0 saturated heterocycles. The van der Waals surface area contributed by atoms with E-state index < -0.39 is 12.1 Å². The van der Waals surface area contributed by atoms with Crippen LogP contribution in [0.1, 0.15) is 32.6 Å². The van der Waals surface area contributed by atoms with E-state index in [2.05, 4.69) is 6.92 Å². The first kappa shape index (κ1) is 9.96. The van der Waals surface area contributed by atoms with Gasteiger partial charge in [-0.15, -0.1) is 0 Å². The Balaban J connectivity index is 2.54. The first-order valence-electron chi connectivity index (χ1n) is 4.65. The van der Waals surface area contributed by atoms with Crippen molar-refractivity contribution >= 4 is 0 Å². The predicted molar refractivity (Wildman–Crippen MR) is 47.6 cm³/mol. The number of nitrogens with two attached hydrogens (primary N) is 1. The lowest BCUT2D eigenvalue weighted by atomic mass is 9.79. The summed E-state index contributed by atoms with van der Waals surface area (Å²) in [4.78, 5) is 0. The van der Waals surface area contributed by atoms with Crippen molar-refractivity contribution in [2.24, 2.45) is 11.1 Å². The van der Waals surface area contributed by atoms with Crippen molar-refractivity contribution in [3.63, 3.8) is 0 Å². The summed E-state index contributed by atoms with van der Waals surface area (Å²) in [6, 6.07) is -0.479. The Morgan fingerprint density at radius 1 is 1.42 bits per heavy atom. The summed E-state index contributed by atoms with van der Waals surface area (Å²) in [6.45, 7) is 1.93. The highest BCUT2D eigenvalue weighted by Gasteiger charge is 2.38. The fourth-order valence-electron chi connectivity index (χ4n) is 2.10. The molecule has 1 rings (SSSR count). The van der Waals surface area contributed by atoms with Crippen LogP contribution in [0, 0.1) is 5.41 Å². The molecule has 0 radical (unpaired) electrons. The van der Waals surface area contributed by atoms with Crippen molar-refractivity contribution < 1.29 is 10.2 Å². The fourth-order valence-corrected chi connectivity index (χ4v) is 2.10. The number of aliphatic hydroxyl groups is 2. The Bertz CT molecular complexity index is 143. The average Bonchev–Trinajstić information content (AvgIpc) is 2.50. The molecule has 1 fully saturated rings. The molecular weight excluding hydrogens is 154 g/mol. The SMILES string of the molecule is CC1(C(O)C(N)CO)CCCC1. The molecule has 72 valence electrons. The molecule has 1 aliphatic carbocycles. The molecule has 3 heteroatoms. The molecule has 0 aromatic heterocycles. The van der Waals surface area contributed by atoms with Crippen LogP contribution in [0.5, 0.6) is 0 Å². The van der Waals surface area contributed by atoms with Gasteiger partial charge in [-0.3, -0.25) is 0 Å². The third-order valence-electron chi connectivity index (χ3n) is 3.08. The van der Waals surface area contributed by atoms with Crippen LogP contribution in [0.2, 0.25) is 0 Å². The second kappa shape index (κ2) is 3.73. The molecule has 0 heterocycles. The lowest BCUT2D eigenvalue weighted by Crippen LogP contribution is -2.46. The van der Waals surface area contributed by atoms with Crippen molar-refractivity contribution in [1.29, 1.82) is 0 Å². The summed E-state index contributed by atoms with van der Waals surface area (Å²) in [7, 11) is 0. The molecule has 0 amide bonds. The highest BCUT2D eigenvalue weighted by atomic mass is 16.3. The van der Waals surface area contributed by atoms with E-state index in [0.29, 0.717) is 0 Å². The van der Waals surface area contributed by atoms with Crippen molar-refractivity contribution in [1.82, 2.24) is 0 Å². The fraction of sp³-hybridized carbons (Fsp3) is 1.00.